The zero-order valence-corrected chi connectivity index (χ0v) is 24.2. The number of amides is 1. The number of nitrogens with two attached hydrogens (primary N) is 2. The maximum atomic E-state index is 13.1. The Labute approximate surface area is 236 Å². The lowest BCUT2D eigenvalue weighted by atomic mass is 10.0. The van der Waals surface area contributed by atoms with Crippen molar-refractivity contribution in [2.75, 3.05) is 18.1 Å². The number of fused-ring (bicyclic) bond motifs is 1. The lowest BCUT2D eigenvalue weighted by Gasteiger charge is -2.30. The summed E-state index contributed by atoms with van der Waals surface area (Å²) in [5, 5.41) is 24.0. The van der Waals surface area contributed by atoms with Crippen LogP contribution >= 0.6 is 9.24 Å². The highest BCUT2D eigenvalue weighted by Gasteiger charge is 2.24. The fourth-order valence-corrected chi connectivity index (χ4v) is 5.27. The van der Waals surface area contributed by atoms with Gasteiger partial charge in [0.25, 0.3) is 5.91 Å². The Balaban J connectivity index is 1.95. The van der Waals surface area contributed by atoms with E-state index in [1.165, 1.54) is 6.21 Å². The van der Waals surface area contributed by atoms with Crippen LogP contribution in [0.15, 0.2) is 54.6 Å². The number of aromatic amines is 1. The highest BCUT2D eigenvalue weighted by atomic mass is 31.0. The van der Waals surface area contributed by atoms with Gasteiger partial charge in [0.05, 0.1) is 23.0 Å². The topological polar surface area (TPSA) is 148 Å². The number of rotatable bonds is 8. The van der Waals surface area contributed by atoms with Crippen LogP contribution in [0.5, 0.6) is 0 Å². The van der Waals surface area contributed by atoms with Gasteiger partial charge >= 0.3 is 0 Å². The third kappa shape index (κ3) is 5.29. The largest absolute Gasteiger partial charge is 0.398 e. The number of hydrogen-bond donors (Lipinski definition) is 5. The van der Waals surface area contributed by atoms with E-state index in [1.54, 1.807) is 18.2 Å². The maximum Gasteiger partial charge on any atom is 0.267 e. The van der Waals surface area contributed by atoms with Crippen LogP contribution in [0, 0.1) is 16.7 Å². The molecule has 0 saturated heterocycles. The van der Waals surface area contributed by atoms with Crippen LogP contribution in [-0.2, 0) is 4.79 Å². The lowest BCUT2D eigenvalue weighted by molar-refractivity contribution is -0.113. The van der Waals surface area contributed by atoms with E-state index in [0.717, 1.165) is 50.4 Å². The number of likely N-dealkylation sites (N-methyl/N-ethyl adjacent to an activating group) is 1. The smallest absolute Gasteiger partial charge is 0.267 e. The number of anilines is 3. The van der Waals surface area contributed by atoms with Gasteiger partial charge in [-0.05, 0) is 67.5 Å². The molecule has 0 aliphatic heterocycles. The molecule has 0 bridgehead atoms. The van der Waals surface area contributed by atoms with Gasteiger partial charge in [0.15, 0.2) is 0 Å². The number of nitrogen functional groups attached to an aromatic ring is 1. The van der Waals surface area contributed by atoms with Gasteiger partial charge in [0, 0.05) is 52.0 Å². The standard InChI is InChI=1S/C31H34N7OP/c1-5-17(2)27-28-23(16-33)24(34)11-12-25(28)37-29(27)30(31(35)39)38(4)18(3)22-10-9-21(40)14-26(22)36-20-8-6-7-19(13-20)15-32/h6-14,16,18,33,36-37H,5,34,40H2,1-4H3,(H2,35,39)/b27-17+,30-29+,33-16?. The second kappa shape index (κ2) is 11.6. The van der Waals surface area contributed by atoms with Gasteiger partial charge < -0.3 is 32.1 Å². The molecule has 0 aliphatic rings. The Morgan fingerprint density at radius 2 is 2.00 bits per heavy atom. The van der Waals surface area contributed by atoms with Crippen LogP contribution in [0.1, 0.15) is 49.9 Å². The summed E-state index contributed by atoms with van der Waals surface area (Å²) in [6, 6.07) is 18.8. The fourth-order valence-electron chi connectivity index (χ4n) is 5.01. The molecule has 9 heteroatoms. The second-order valence-corrected chi connectivity index (χ2v) is 10.5. The summed E-state index contributed by atoms with van der Waals surface area (Å²) in [7, 11) is 4.55. The highest BCUT2D eigenvalue weighted by molar-refractivity contribution is 7.27. The number of nitrogens with zero attached hydrogens (tertiary/aromatic N) is 2. The normalized spacial score (nSPS) is 13.3. The Morgan fingerprint density at radius 3 is 2.65 bits per heavy atom. The van der Waals surface area contributed by atoms with Crippen molar-refractivity contribution < 1.29 is 4.79 Å². The van der Waals surface area contributed by atoms with Crippen molar-refractivity contribution in [2.45, 2.75) is 33.2 Å². The van der Waals surface area contributed by atoms with E-state index >= 15 is 0 Å². The van der Waals surface area contributed by atoms with Crippen molar-refractivity contribution in [1.29, 1.82) is 10.7 Å². The maximum absolute atomic E-state index is 13.1. The van der Waals surface area contributed by atoms with Crippen molar-refractivity contribution >= 4 is 65.9 Å². The molecule has 3 aromatic carbocycles. The summed E-state index contributed by atoms with van der Waals surface area (Å²) in [5.41, 5.74) is 18.7. The minimum atomic E-state index is -0.575. The predicted octanol–water partition coefficient (Wildman–Crippen LogP) is 3.73. The monoisotopic (exact) mass is 551 g/mol. The molecule has 1 aromatic heterocycles. The number of benzene rings is 3. The Kier molecular flexibility index (Phi) is 8.27. The summed E-state index contributed by atoms with van der Waals surface area (Å²) in [6.07, 6.45) is 1.99. The Hall–Kier alpha value is -4.60. The third-order valence-electron chi connectivity index (χ3n) is 7.34. The van der Waals surface area contributed by atoms with Gasteiger partial charge in [0.2, 0.25) is 0 Å². The molecule has 2 unspecified atom stereocenters. The molecular weight excluding hydrogens is 517 g/mol. The Bertz CT molecular complexity index is 1800. The van der Waals surface area contributed by atoms with Gasteiger partial charge in [-0.3, -0.25) is 4.79 Å². The average Bonchev–Trinajstić information content (AvgIpc) is 3.31. The van der Waals surface area contributed by atoms with Crippen LogP contribution in [-0.4, -0.2) is 29.1 Å². The van der Waals surface area contributed by atoms with Gasteiger partial charge in [-0.1, -0.05) is 30.7 Å². The van der Waals surface area contributed by atoms with E-state index < -0.39 is 5.91 Å². The van der Waals surface area contributed by atoms with E-state index in [1.807, 2.05) is 69.1 Å². The summed E-state index contributed by atoms with van der Waals surface area (Å²) in [6.45, 7) is 6.08. The molecule has 204 valence electrons. The zero-order chi connectivity index (χ0) is 29.1. The molecule has 2 atom stereocenters. The average molecular weight is 552 g/mol. The first-order chi connectivity index (χ1) is 19.1. The van der Waals surface area contributed by atoms with Crippen molar-refractivity contribution in [2.24, 2.45) is 5.73 Å². The molecule has 1 amide bonds. The molecule has 4 aromatic rings. The van der Waals surface area contributed by atoms with Crippen molar-refractivity contribution in [3.63, 3.8) is 0 Å². The van der Waals surface area contributed by atoms with Crippen molar-refractivity contribution in [3.05, 3.63) is 81.9 Å². The summed E-state index contributed by atoms with van der Waals surface area (Å²) in [5.74, 6) is -0.575. The first-order valence-corrected chi connectivity index (χ1v) is 13.5. The van der Waals surface area contributed by atoms with Gasteiger partial charge in [-0.25, -0.2) is 0 Å². The summed E-state index contributed by atoms with van der Waals surface area (Å²) < 4.78 is 0. The molecule has 0 saturated carbocycles. The second-order valence-electron chi connectivity index (χ2n) is 9.81. The molecule has 40 heavy (non-hydrogen) atoms. The summed E-state index contributed by atoms with van der Waals surface area (Å²) in [4.78, 5) is 18.4. The van der Waals surface area contributed by atoms with E-state index in [-0.39, 0.29) is 6.04 Å². The number of nitriles is 1. The molecule has 7 N–H and O–H groups in total. The Morgan fingerprint density at radius 1 is 1.25 bits per heavy atom. The molecular formula is C31H34N7OP. The number of hydrogen-bond acceptors (Lipinski definition) is 6. The van der Waals surface area contributed by atoms with Crippen LogP contribution in [0.25, 0.3) is 22.2 Å². The number of carbonyl (C=O) groups excluding carboxylic acids is 1. The highest BCUT2D eigenvalue weighted by Crippen LogP contribution is 2.31. The van der Waals surface area contributed by atoms with E-state index in [0.29, 0.717) is 27.9 Å². The van der Waals surface area contributed by atoms with Crippen molar-refractivity contribution in [1.82, 2.24) is 9.88 Å². The zero-order valence-electron chi connectivity index (χ0n) is 23.1. The SMILES string of the molecule is CC/C(C)=c1/c(=C(/C(N)=O)N(C)C(C)c2ccc(P)cc2Nc2cccc(C#N)c2)[nH]c2ccc(N)c(C=N)c12. The minimum Gasteiger partial charge on any atom is -0.398 e. The number of primary amides is 1. The first-order valence-electron chi connectivity index (χ1n) is 12.9. The first kappa shape index (κ1) is 28.4. The molecule has 0 aliphatic carbocycles. The number of aromatic nitrogens is 1. The van der Waals surface area contributed by atoms with Gasteiger partial charge in [-0.2, -0.15) is 5.26 Å². The van der Waals surface area contributed by atoms with Crippen LogP contribution in [0.2, 0.25) is 0 Å². The van der Waals surface area contributed by atoms with Crippen molar-refractivity contribution in [3.8, 4) is 6.07 Å². The van der Waals surface area contributed by atoms with Gasteiger partial charge in [0.1, 0.15) is 5.70 Å². The van der Waals surface area contributed by atoms with E-state index in [4.69, 9.17) is 16.9 Å². The quantitative estimate of drug-likeness (QED) is 0.129. The number of nitrogens with one attached hydrogen (secondary N) is 3. The number of H-pyrrole nitrogens is 1. The van der Waals surface area contributed by atoms with Crippen LogP contribution in [0.3, 0.4) is 0 Å². The van der Waals surface area contributed by atoms with Crippen LogP contribution < -0.4 is 32.7 Å². The van der Waals surface area contributed by atoms with E-state index in [9.17, 15) is 10.1 Å². The lowest BCUT2D eigenvalue weighted by Crippen LogP contribution is -2.40. The number of carbonyl (C=O) groups is 1. The minimum absolute atomic E-state index is 0.275. The predicted molar refractivity (Wildman–Crippen MR) is 168 cm³/mol. The summed E-state index contributed by atoms with van der Waals surface area (Å²) >= 11 is 0. The van der Waals surface area contributed by atoms with Crippen LogP contribution in [0.4, 0.5) is 17.1 Å². The fraction of sp³-hybridized carbons (Fsp3) is 0.194. The third-order valence-corrected chi connectivity index (χ3v) is 7.70. The molecule has 4 rings (SSSR count). The molecule has 0 spiro atoms. The molecule has 8 nitrogen and oxygen atoms in total. The van der Waals surface area contributed by atoms with Gasteiger partial charge in [-0.15, -0.1) is 9.24 Å². The molecule has 1 heterocycles. The van der Waals surface area contributed by atoms with E-state index in [2.05, 4.69) is 25.6 Å². The molecule has 0 fully saturated rings. The molecule has 0 radical (unpaired) electrons.